The average Bonchev–Trinajstić information content (AvgIpc) is 3.23. The smallest absolute Gasteiger partial charge is 0.291 e. The van der Waals surface area contributed by atoms with Crippen molar-refractivity contribution in [2.24, 2.45) is 0 Å². The first-order valence-corrected chi connectivity index (χ1v) is 8.26. The number of benzene rings is 2. The van der Waals surface area contributed by atoms with Crippen molar-refractivity contribution in [3.63, 3.8) is 0 Å². The molecule has 0 fully saturated rings. The molecule has 0 bridgehead atoms. The third-order valence-corrected chi connectivity index (χ3v) is 3.71. The summed E-state index contributed by atoms with van der Waals surface area (Å²) in [5.41, 5.74) is 1.52. The number of amides is 2. The van der Waals surface area contributed by atoms with E-state index in [0.29, 0.717) is 12.1 Å². The van der Waals surface area contributed by atoms with Gasteiger partial charge >= 0.3 is 0 Å². The number of halogens is 1. The van der Waals surface area contributed by atoms with Gasteiger partial charge in [0.25, 0.3) is 11.8 Å². The van der Waals surface area contributed by atoms with Crippen molar-refractivity contribution >= 4 is 17.9 Å². The Labute approximate surface area is 155 Å². The van der Waals surface area contributed by atoms with E-state index in [0.717, 1.165) is 5.56 Å². The summed E-state index contributed by atoms with van der Waals surface area (Å²) < 4.78 is 18.2. The Morgan fingerprint density at radius 3 is 2.37 bits per heavy atom. The molecule has 3 rings (SSSR count). The van der Waals surface area contributed by atoms with Crippen LogP contribution in [0.1, 0.15) is 21.7 Å². The lowest BCUT2D eigenvalue weighted by Crippen LogP contribution is -2.34. The zero-order valence-electron chi connectivity index (χ0n) is 14.3. The number of carbonyl (C=O) groups excluding carboxylic acids is 2. The molecule has 2 N–H and O–H groups in total. The molecule has 136 valence electrons. The molecule has 1 heterocycles. The minimum absolute atomic E-state index is 0.0268. The summed E-state index contributed by atoms with van der Waals surface area (Å²) in [5.74, 6) is -1.33. The van der Waals surface area contributed by atoms with Crippen molar-refractivity contribution in [2.45, 2.75) is 6.54 Å². The van der Waals surface area contributed by atoms with Gasteiger partial charge in [-0.15, -0.1) is 0 Å². The fourth-order valence-corrected chi connectivity index (χ4v) is 2.35. The van der Waals surface area contributed by atoms with Gasteiger partial charge in [0.15, 0.2) is 5.76 Å². The van der Waals surface area contributed by atoms with Crippen LogP contribution in [0.25, 0.3) is 6.08 Å². The molecule has 5 nitrogen and oxygen atoms in total. The highest BCUT2D eigenvalue weighted by Crippen LogP contribution is 2.09. The van der Waals surface area contributed by atoms with Crippen molar-refractivity contribution < 1.29 is 18.4 Å². The van der Waals surface area contributed by atoms with Crippen LogP contribution in [0.4, 0.5) is 4.39 Å². The molecular formula is C21H17FN2O3. The van der Waals surface area contributed by atoms with Gasteiger partial charge < -0.3 is 15.1 Å². The van der Waals surface area contributed by atoms with E-state index < -0.39 is 11.8 Å². The maximum Gasteiger partial charge on any atom is 0.291 e. The number of carbonyl (C=O) groups is 2. The number of furan rings is 1. The second-order valence-corrected chi connectivity index (χ2v) is 5.71. The molecule has 0 aliphatic heterocycles. The lowest BCUT2D eigenvalue weighted by Gasteiger charge is -2.10. The number of rotatable bonds is 6. The Morgan fingerprint density at radius 1 is 0.963 bits per heavy atom. The summed E-state index contributed by atoms with van der Waals surface area (Å²) >= 11 is 0. The molecule has 3 aromatic rings. The molecule has 27 heavy (non-hydrogen) atoms. The summed E-state index contributed by atoms with van der Waals surface area (Å²) in [6.07, 6.45) is 2.84. The van der Waals surface area contributed by atoms with Crippen molar-refractivity contribution in [1.29, 1.82) is 0 Å². The van der Waals surface area contributed by atoms with Gasteiger partial charge in [-0.1, -0.05) is 42.5 Å². The molecule has 1 aromatic heterocycles. The molecule has 0 atom stereocenters. The predicted octanol–water partition coefficient (Wildman–Crippen LogP) is 3.51. The summed E-state index contributed by atoms with van der Waals surface area (Å²) in [7, 11) is 0. The molecule has 6 heteroatoms. The largest absolute Gasteiger partial charge is 0.459 e. The van der Waals surface area contributed by atoms with Crippen LogP contribution in [0.2, 0.25) is 0 Å². The highest BCUT2D eigenvalue weighted by molar-refractivity contribution is 6.04. The normalized spacial score (nSPS) is 11.1. The predicted molar refractivity (Wildman–Crippen MR) is 98.8 cm³/mol. The van der Waals surface area contributed by atoms with Gasteiger partial charge in [-0.3, -0.25) is 9.59 Å². The third-order valence-electron chi connectivity index (χ3n) is 3.71. The van der Waals surface area contributed by atoms with Crippen molar-refractivity contribution in [3.05, 3.63) is 101 Å². The van der Waals surface area contributed by atoms with Gasteiger partial charge in [0.05, 0.1) is 6.26 Å². The van der Waals surface area contributed by atoms with Crippen LogP contribution < -0.4 is 10.6 Å². The van der Waals surface area contributed by atoms with Crippen LogP contribution in [0, 0.1) is 5.82 Å². The lowest BCUT2D eigenvalue weighted by molar-refractivity contribution is -0.117. The van der Waals surface area contributed by atoms with Crippen molar-refractivity contribution in [3.8, 4) is 0 Å². The lowest BCUT2D eigenvalue weighted by atomic mass is 10.1. The number of nitrogens with one attached hydrogen (secondary N) is 2. The number of hydrogen-bond donors (Lipinski definition) is 2. The molecular weight excluding hydrogens is 347 g/mol. The Bertz CT molecular complexity index is 933. The quantitative estimate of drug-likeness (QED) is 0.658. The molecule has 0 aliphatic carbocycles. The molecule has 2 amide bonds. The fourth-order valence-electron chi connectivity index (χ4n) is 2.35. The van der Waals surface area contributed by atoms with Gasteiger partial charge in [0.1, 0.15) is 11.5 Å². The van der Waals surface area contributed by atoms with Crippen LogP contribution >= 0.6 is 0 Å². The summed E-state index contributed by atoms with van der Waals surface area (Å²) in [6.45, 7) is 0.303. The summed E-state index contributed by atoms with van der Waals surface area (Å²) in [4.78, 5) is 24.8. The van der Waals surface area contributed by atoms with Gasteiger partial charge in [0.2, 0.25) is 0 Å². The third kappa shape index (κ3) is 5.15. The summed E-state index contributed by atoms with van der Waals surface area (Å²) in [6, 6.07) is 18.0. The van der Waals surface area contributed by atoms with Gasteiger partial charge in [0, 0.05) is 6.54 Å². The fraction of sp³-hybridized carbons (Fsp3) is 0.0476. The Balaban J connectivity index is 1.78. The zero-order valence-corrected chi connectivity index (χ0v) is 14.3. The van der Waals surface area contributed by atoms with Crippen molar-refractivity contribution in [1.82, 2.24) is 10.6 Å². The van der Waals surface area contributed by atoms with Crippen LogP contribution in [0.15, 0.2) is 83.1 Å². The van der Waals surface area contributed by atoms with Gasteiger partial charge in [-0.2, -0.15) is 0 Å². The first kappa shape index (κ1) is 18.1. The van der Waals surface area contributed by atoms with E-state index in [4.69, 9.17) is 4.42 Å². The van der Waals surface area contributed by atoms with Crippen LogP contribution in [-0.2, 0) is 11.3 Å². The maximum absolute atomic E-state index is 13.1. The minimum atomic E-state index is -0.553. The highest BCUT2D eigenvalue weighted by atomic mass is 19.1. The van der Waals surface area contributed by atoms with Gasteiger partial charge in [-0.05, 0) is 41.5 Å². The molecule has 0 unspecified atom stereocenters. The topological polar surface area (TPSA) is 71.3 Å². The first-order valence-electron chi connectivity index (χ1n) is 8.26. The molecule has 0 radical (unpaired) electrons. The van der Waals surface area contributed by atoms with Crippen LogP contribution in [0.5, 0.6) is 0 Å². The van der Waals surface area contributed by atoms with Crippen LogP contribution in [0.3, 0.4) is 0 Å². The monoisotopic (exact) mass is 364 g/mol. The Kier molecular flexibility index (Phi) is 5.79. The molecule has 0 spiro atoms. The van der Waals surface area contributed by atoms with Crippen molar-refractivity contribution in [2.75, 3.05) is 0 Å². The van der Waals surface area contributed by atoms with E-state index in [1.54, 1.807) is 6.07 Å². The van der Waals surface area contributed by atoms with E-state index in [2.05, 4.69) is 10.6 Å². The molecule has 0 saturated carbocycles. The van der Waals surface area contributed by atoms with Crippen LogP contribution in [-0.4, -0.2) is 11.8 Å². The second kappa shape index (κ2) is 8.62. The van der Waals surface area contributed by atoms with E-state index in [-0.39, 0.29) is 17.3 Å². The Hall–Kier alpha value is -3.67. The van der Waals surface area contributed by atoms with E-state index in [1.165, 1.54) is 42.7 Å². The maximum atomic E-state index is 13.1. The van der Waals surface area contributed by atoms with E-state index >= 15 is 0 Å². The van der Waals surface area contributed by atoms with E-state index in [9.17, 15) is 14.0 Å². The Morgan fingerprint density at radius 2 is 1.70 bits per heavy atom. The van der Waals surface area contributed by atoms with E-state index in [1.807, 2.05) is 30.3 Å². The SMILES string of the molecule is O=C(NCc1ccccc1)/C(=C\c1ccc(F)cc1)NC(=O)c1ccco1. The zero-order chi connectivity index (χ0) is 19.1. The highest BCUT2D eigenvalue weighted by Gasteiger charge is 2.16. The standard InChI is InChI=1S/C21H17FN2O3/c22-17-10-8-15(9-11-17)13-18(24-21(26)19-7-4-12-27-19)20(25)23-14-16-5-2-1-3-6-16/h1-13H,14H2,(H,23,25)(H,24,26)/b18-13+. The molecule has 2 aromatic carbocycles. The molecule has 0 aliphatic rings. The first-order chi connectivity index (χ1) is 13.1. The minimum Gasteiger partial charge on any atom is -0.459 e. The summed E-state index contributed by atoms with van der Waals surface area (Å²) in [5, 5.41) is 5.30. The number of hydrogen-bond acceptors (Lipinski definition) is 3. The van der Waals surface area contributed by atoms with Gasteiger partial charge in [-0.25, -0.2) is 4.39 Å². The average molecular weight is 364 g/mol. The molecule has 0 saturated heterocycles. The second-order valence-electron chi connectivity index (χ2n) is 5.71.